The average Bonchev–Trinajstić information content (AvgIpc) is 2.33. The van der Waals surface area contributed by atoms with Gasteiger partial charge in [0.1, 0.15) is 0 Å². The van der Waals surface area contributed by atoms with Crippen LogP contribution in [0.5, 0.6) is 5.88 Å². The fraction of sp³-hybridized carbons (Fsp3) is 0.667. The minimum atomic E-state index is 0.490. The maximum Gasteiger partial charge on any atom is 0.218 e. The molecule has 1 heterocycles. The number of hydrogen-bond acceptors (Lipinski definition) is 3. The van der Waals surface area contributed by atoms with Crippen LogP contribution in [0.2, 0.25) is 0 Å². The molecule has 3 nitrogen and oxygen atoms in total. The summed E-state index contributed by atoms with van der Waals surface area (Å²) in [6, 6.07) is 2.05. The van der Waals surface area contributed by atoms with Crippen molar-refractivity contribution in [2.24, 2.45) is 5.73 Å². The fourth-order valence-electron chi connectivity index (χ4n) is 2.07. The van der Waals surface area contributed by atoms with E-state index in [2.05, 4.69) is 24.9 Å². The number of nitrogens with two attached hydrogens (primary N) is 1. The van der Waals surface area contributed by atoms with Crippen LogP contribution >= 0.6 is 0 Å². The molecule has 0 amide bonds. The third kappa shape index (κ3) is 4.65. The van der Waals surface area contributed by atoms with Gasteiger partial charge in [-0.05, 0) is 31.9 Å². The number of aromatic nitrogens is 1. The highest BCUT2D eigenvalue weighted by molar-refractivity contribution is 5.35. The standard InChI is InChI=1S/C15H26N2O/c1-4-5-6-7-8-9-18-15-14(11-16)12(2)10-13(3)17-15/h10H,4-9,11,16H2,1-3H3. The summed E-state index contributed by atoms with van der Waals surface area (Å²) in [6.45, 7) is 7.51. The maximum absolute atomic E-state index is 5.78. The fourth-order valence-corrected chi connectivity index (χ4v) is 2.07. The molecule has 0 atom stereocenters. The number of rotatable bonds is 8. The smallest absolute Gasteiger partial charge is 0.218 e. The second-order valence-corrected chi connectivity index (χ2v) is 4.83. The van der Waals surface area contributed by atoms with E-state index in [-0.39, 0.29) is 0 Å². The SMILES string of the molecule is CCCCCCCOc1nc(C)cc(C)c1CN. The topological polar surface area (TPSA) is 48.1 Å². The molecule has 0 fully saturated rings. The Bertz CT molecular complexity index is 364. The summed E-state index contributed by atoms with van der Waals surface area (Å²) in [7, 11) is 0. The summed E-state index contributed by atoms with van der Waals surface area (Å²) in [5.41, 5.74) is 8.95. The molecule has 1 rings (SSSR count). The van der Waals surface area contributed by atoms with Crippen molar-refractivity contribution in [3.8, 4) is 5.88 Å². The Labute approximate surface area is 111 Å². The lowest BCUT2D eigenvalue weighted by molar-refractivity contribution is 0.289. The van der Waals surface area contributed by atoms with Crippen LogP contribution in [0.4, 0.5) is 0 Å². The first kappa shape index (κ1) is 15.0. The van der Waals surface area contributed by atoms with Crippen molar-refractivity contribution in [3.05, 3.63) is 22.9 Å². The zero-order valence-electron chi connectivity index (χ0n) is 12.0. The lowest BCUT2D eigenvalue weighted by Crippen LogP contribution is -2.08. The van der Waals surface area contributed by atoms with Crippen molar-refractivity contribution in [1.29, 1.82) is 0 Å². The first-order valence-electron chi connectivity index (χ1n) is 6.99. The number of ether oxygens (including phenoxy) is 1. The minimum absolute atomic E-state index is 0.490. The average molecular weight is 250 g/mol. The maximum atomic E-state index is 5.78. The normalized spacial score (nSPS) is 10.7. The molecule has 0 aliphatic rings. The summed E-state index contributed by atoms with van der Waals surface area (Å²) >= 11 is 0. The van der Waals surface area contributed by atoms with E-state index in [9.17, 15) is 0 Å². The summed E-state index contributed by atoms with van der Waals surface area (Å²) in [5, 5.41) is 0. The van der Waals surface area contributed by atoms with Gasteiger partial charge in [-0.15, -0.1) is 0 Å². The summed E-state index contributed by atoms with van der Waals surface area (Å²) in [4.78, 5) is 4.44. The molecule has 0 saturated heterocycles. The molecule has 18 heavy (non-hydrogen) atoms. The van der Waals surface area contributed by atoms with E-state index in [1.807, 2.05) is 6.92 Å². The van der Waals surface area contributed by atoms with Crippen LogP contribution < -0.4 is 10.5 Å². The number of nitrogens with zero attached hydrogens (tertiary/aromatic N) is 1. The highest BCUT2D eigenvalue weighted by atomic mass is 16.5. The molecule has 2 N–H and O–H groups in total. The van der Waals surface area contributed by atoms with E-state index in [1.165, 1.54) is 31.2 Å². The molecule has 0 aliphatic heterocycles. The second kappa shape index (κ2) is 8.09. The van der Waals surface area contributed by atoms with Gasteiger partial charge in [0.05, 0.1) is 6.61 Å². The molecule has 0 radical (unpaired) electrons. The first-order valence-corrected chi connectivity index (χ1v) is 6.99. The first-order chi connectivity index (χ1) is 8.69. The molecule has 0 aliphatic carbocycles. The van der Waals surface area contributed by atoms with E-state index in [1.54, 1.807) is 0 Å². The highest BCUT2D eigenvalue weighted by Gasteiger charge is 2.08. The zero-order valence-corrected chi connectivity index (χ0v) is 12.0. The van der Waals surface area contributed by atoms with E-state index >= 15 is 0 Å². The van der Waals surface area contributed by atoms with Crippen LogP contribution in [-0.2, 0) is 6.54 Å². The van der Waals surface area contributed by atoms with Crippen molar-refractivity contribution in [1.82, 2.24) is 4.98 Å². The Hall–Kier alpha value is -1.09. The van der Waals surface area contributed by atoms with Gasteiger partial charge in [0.15, 0.2) is 0 Å². The monoisotopic (exact) mass is 250 g/mol. The molecule has 3 heteroatoms. The van der Waals surface area contributed by atoms with Crippen LogP contribution in [0.1, 0.15) is 55.8 Å². The molecular formula is C15H26N2O. The Morgan fingerprint density at radius 3 is 2.56 bits per heavy atom. The number of hydrogen-bond donors (Lipinski definition) is 1. The largest absolute Gasteiger partial charge is 0.477 e. The summed E-state index contributed by atoms with van der Waals surface area (Å²) in [5.74, 6) is 0.727. The van der Waals surface area contributed by atoms with Gasteiger partial charge in [-0.1, -0.05) is 32.6 Å². The highest BCUT2D eigenvalue weighted by Crippen LogP contribution is 2.20. The van der Waals surface area contributed by atoms with E-state index in [0.29, 0.717) is 6.54 Å². The predicted octanol–water partition coefficient (Wildman–Crippen LogP) is 3.51. The van der Waals surface area contributed by atoms with Gasteiger partial charge in [-0.3, -0.25) is 0 Å². The van der Waals surface area contributed by atoms with Gasteiger partial charge in [0, 0.05) is 17.8 Å². The lowest BCUT2D eigenvalue weighted by atomic mass is 10.1. The minimum Gasteiger partial charge on any atom is -0.477 e. The Morgan fingerprint density at radius 2 is 1.89 bits per heavy atom. The molecule has 0 aromatic carbocycles. The van der Waals surface area contributed by atoms with Crippen LogP contribution in [-0.4, -0.2) is 11.6 Å². The van der Waals surface area contributed by atoms with Crippen molar-refractivity contribution >= 4 is 0 Å². The van der Waals surface area contributed by atoms with Crippen molar-refractivity contribution in [2.75, 3.05) is 6.61 Å². The van der Waals surface area contributed by atoms with Gasteiger partial charge >= 0.3 is 0 Å². The van der Waals surface area contributed by atoms with Crippen molar-refractivity contribution < 1.29 is 4.74 Å². The summed E-state index contributed by atoms with van der Waals surface area (Å²) in [6.07, 6.45) is 6.21. The van der Waals surface area contributed by atoms with Gasteiger partial charge in [-0.25, -0.2) is 4.98 Å². The quantitative estimate of drug-likeness (QED) is 0.718. The third-order valence-electron chi connectivity index (χ3n) is 3.13. The Balaban J connectivity index is 2.46. The van der Waals surface area contributed by atoms with E-state index in [0.717, 1.165) is 30.2 Å². The van der Waals surface area contributed by atoms with Crippen LogP contribution in [0, 0.1) is 13.8 Å². The van der Waals surface area contributed by atoms with E-state index < -0.39 is 0 Å². The third-order valence-corrected chi connectivity index (χ3v) is 3.13. The molecule has 0 spiro atoms. The van der Waals surface area contributed by atoms with Crippen molar-refractivity contribution in [3.63, 3.8) is 0 Å². The number of aryl methyl sites for hydroxylation is 2. The number of unbranched alkanes of at least 4 members (excludes halogenated alkanes) is 4. The van der Waals surface area contributed by atoms with Crippen LogP contribution in [0.15, 0.2) is 6.07 Å². The zero-order chi connectivity index (χ0) is 13.4. The second-order valence-electron chi connectivity index (χ2n) is 4.83. The molecule has 1 aromatic rings. The van der Waals surface area contributed by atoms with Crippen molar-refractivity contribution in [2.45, 2.75) is 59.4 Å². The molecule has 102 valence electrons. The molecular weight excluding hydrogens is 224 g/mol. The van der Waals surface area contributed by atoms with Gasteiger partial charge in [0.25, 0.3) is 0 Å². The lowest BCUT2D eigenvalue weighted by Gasteiger charge is -2.12. The van der Waals surface area contributed by atoms with Gasteiger partial charge in [-0.2, -0.15) is 0 Å². The summed E-state index contributed by atoms with van der Waals surface area (Å²) < 4.78 is 5.78. The van der Waals surface area contributed by atoms with Gasteiger partial charge in [0.2, 0.25) is 5.88 Å². The Kier molecular flexibility index (Phi) is 6.73. The van der Waals surface area contributed by atoms with E-state index in [4.69, 9.17) is 10.5 Å². The van der Waals surface area contributed by atoms with Crippen LogP contribution in [0.25, 0.3) is 0 Å². The molecule has 0 unspecified atom stereocenters. The predicted molar refractivity (Wildman–Crippen MR) is 75.9 cm³/mol. The van der Waals surface area contributed by atoms with Crippen LogP contribution in [0.3, 0.4) is 0 Å². The number of pyridine rings is 1. The molecule has 0 saturated carbocycles. The Morgan fingerprint density at radius 1 is 1.17 bits per heavy atom. The molecule has 0 bridgehead atoms. The van der Waals surface area contributed by atoms with Gasteiger partial charge < -0.3 is 10.5 Å². The molecule has 1 aromatic heterocycles.